The monoisotopic (exact) mass is 246 g/mol. The summed E-state index contributed by atoms with van der Waals surface area (Å²) in [6.45, 7) is 1.93. The Kier molecular flexibility index (Phi) is 3.36. The lowest BCUT2D eigenvalue weighted by atomic mass is 10.1. The van der Waals surface area contributed by atoms with Crippen LogP contribution in [0.1, 0.15) is 21.7 Å². The first-order valence-corrected chi connectivity index (χ1v) is 5.51. The molecule has 0 aliphatic heterocycles. The molecule has 0 spiro atoms. The number of rotatable bonds is 4. The van der Waals surface area contributed by atoms with E-state index in [2.05, 4.69) is 15.4 Å². The van der Waals surface area contributed by atoms with E-state index in [1.54, 1.807) is 26.3 Å². The maximum Gasteiger partial charge on any atom is 0.182 e. The SMILES string of the molecule is COc1cc(C(=O)Cc2nnn(C)n2)ccc1C. The molecule has 94 valence electrons. The highest BCUT2D eigenvalue weighted by Crippen LogP contribution is 2.19. The van der Waals surface area contributed by atoms with E-state index in [-0.39, 0.29) is 12.2 Å². The van der Waals surface area contributed by atoms with Crippen LogP contribution in [0.2, 0.25) is 0 Å². The van der Waals surface area contributed by atoms with Crippen molar-refractivity contribution in [2.24, 2.45) is 7.05 Å². The van der Waals surface area contributed by atoms with Gasteiger partial charge in [-0.1, -0.05) is 12.1 Å². The molecule has 0 aliphatic carbocycles. The van der Waals surface area contributed by atoms with Crippen LogP contribution in [0.5, 0.6) is 5.75 Å². The van der Waals surface area contributed by atoms with Gasteiger partial charge in [0.2, 0.25) is 0 Å². The van der Waals surface area contributed by atoms with Gasteiger partial charge in [0, 0.05) is 5.56 Å². The normalized spacial score (nSPS) is 10.4. The van der Waals surface area contributed by atoms with Gasteiger partial charge in [-0.05, 0) is 23.8 Å². The lowest BCUT2D eigenvalue weighted by Crippen LogP contribution is -2.06. The maximum absolute atomic E-state index is 12.0. The first kappa shape index (κ1) is 12.2. The van der Waals surface area contributed by atoms with E-state index in [0.29, 0.717) is 17.1 Å². The fourth-order valence-corrected chi connectivity index (χ4v) is 1.63. The maximum atomic E-state index is 12.0. The lowest BCUT2D eigenvalue weighted by molar-refractivity contribution is 0.0990. The summed E-state index contributed by atoms with van der Waals surface area (Å²) in [5.41, 5.74) is 1.58. The van der Waals surface area contributed by atoms with Crippen molar-refractivity contribution in [1.82, 2.24) is 20.2 Å². The van der Waals surface area contributed by atoms with Crippen molar-refractivity contribution in [2.45, 2.75) is 13.3 Å². The smallest absolute Gasteiger partial charge is 0.182 e. The molecule has 0 aliphatic rings. The van der Waals surface area contributed by atoms with Crippen LogP contribution < -0.4 is 4.74 Å². The zero-order chi connectivity index (χ0) is 13.1. The van der Waals surface area contributed by atoms with E-state index in [1.807, 2.05) is 13.0 Å². The molecule has 2 rings (SSSR count). The number of benzene rings is 1. The van der Waals surface area contributed by atoms with Gasteiger partial charge in [-0.25, -0.2) is 0 Å². The van der Waals surface area contributed by atoms with Crippen molar-refractivity contribution in [3.63, 3.8) is 0 Å². The summed E-state index contributed by atoms with van der Waals surface area (Å²) in [7, 11) is 3.25. The number of methoxy groups -OCH3 is 1. The zero-order valence-electron chi connectivity index (χ0n) is 10.5. The van der Waals surface area contributed by atoms with Gasteiger partial charge in [-0.15, -0.1) is 10.2 Å². The van der Waals surface area contributed by atoms with Crippen LogP contribution in [0.3, 0.4) is 0 Å². The molecule has 6 heteroatoms. The molecule has 0 atom stereocenters. The summed E-state index contributed by atoms with van der Waals surface area (Å²) >= 11 is 0. The number of carbonyl (C=O) groups excluding carboxylic acids is 1. The third kappa shape index (κ3) is 2.53. The van der Waals surface area contributed by atoms with Crippen LogP contribution in [0, 0.1) is 6.92 Å². The number of hydrogen-bond acceptors (Lipinski definition) is 5. The summed E-state index contributed by atoms with van der Waals surface area (Å²) in [5.74, 6) is 1.07. The van der Waals surface area contributed by atoms with Crippen LogP contribution in [-0.2, 0) is 13.5 Å². The van der Waals surface area contributed by atoms with Crippen molar-refractivity contribution in [3.05, 3.63) is 35.2 Å². The highest BCUT2D eigenvalue weighted by molar-refractivity contribution is 5.97. The minimum Gasteiger partial charge on any atom is -0.496 e. The average molecular weight is 246 g/mol. The average Bonchev–Trinajstić information content (AvgIpc) is 2.75. The van der Waals surface area contributed by atoms with Gasteiger partial charge in [0.25, 0.3) is 0 Å². The Labute approximate surface area is 105 Å². The third-order valence-electron chi connectivity index (χ3n) is 2.60. The minimum absolute atomic E-state index is 0.0544. The number of tetrazole rings is 1. The predicted molar refractivity (Wildman–Crippen MR) is 64.6 cm³/mol. The van der Waals surface area contributed by atoms with Gasteiger partial charge in [-0.2, -0.15) is 4.80 Å². The van der Waals surface area contributed by atoms with Gasteiger partial charge in [0.05, 0.1) is 20.6 Å². The van der Waals surface area contributed by atoms with Crippen LogP contribution in [0.4, 0.5) is 0 Å². The number of aromatic nitrogens is 4. The summed E-state index contributed by atoms with van der Waals surface area (Å²) in [6.07, 6.45) is 0.139. The summed E-state index contributed by atoms with van der Waals surface area (Å²) in [4.78, 5) is 13.4. The van der Waals surface area contributed by atoms with Crippen molar-refractivity contribution < 1.29 is 9.53 Å². The Balaban J connectivity index is 2.18. The highest BCUT2D eigenvalue weighted by Gasteiger charge is 2.12. The van der Waals surface area contributed by atoms with Crippen LogP contribution in [0.15, 0.2) is 18.2 Å². The van der Waals surface area contributed by atoms with Crippen molar-refractivity contribution in [2.75, 3.05) is 7.11 Å². The second kappa shape index (κ2) is 4.95. The molecule has 0 amide bonds. The largest absolute Gasteiger partial charge is 0.496 e. The second-order valence-electron chi connectivity index (χ2n) is 3.98. The number of Topliss-reactive ketones (excluding diaryl/α,β-unsaturated/α-hetero) is 1. The van der Waals surface area contributed by atoms with E-state index in [1.165, 1.54) is 4.80 Å². The number of aryl methyl sites for hydroxylation is 2. The number of ether oxygens (including phenoxy) is 1. The number of ketones is 1. The molecule has 0 saturated heterocycles. The molecular weight excluding hydrogens is 232 g/mol. The zero-order valence-corrected chi connectivity index (χ0v) is 10.5. The van der Waals surface area contributed by atoms with E-state index in [0.717, 1.165) is 5.56 Å². The van der Waals surface area contributed by atoms with Crippen molar-refractivity contribution in [3.8, 4) is 5.75 Å². The fraction of sp³-hybridized carbons (Fsp3) is 0.333. The summed E-state index contributed by atoms with van der Waals surface area (Å²) in [6, 6.07) is 5.36. The Bertz CT molecular complexity index is 577. The minimum atomic E-state index is -0.0544. The molecule has 1 heterocycles. The molecule has 6 nitrogen and oxygen atoms in total. The van der Waals surface area contributed by atoms with Crippen LogP contribution in [-0.4, -0.2) is 33.1 Å². The van der Waals surface area contributed by atoms with Crippen LogP contribution in [0.25, 0.3) is 0 Å². The van der Waals surface area contributed by atoms with Crippen molar-refractivity contribution >= 4 is 5.78 Å². The standard InChI is InChI=1S/C12H14N4O2/c1-8-4-5-9(6-11(8)18-3)10(17)7-12-13-15-16(2)14-12/h4-6H,7H2,1-3H3. The fourth-order valence-electron chi connectivity index (χ4n) is 1.63. The molecule has 2 aromatic rings. The summed E-state index contributed by atoms with van der Waals surface area (Å²) < 4.78 is 5.19. The lowest BCUT2D eigenvalue weighted by Gasteiger charge is -2.06. The molecule has 1 aromatic carbocycles. The van der Waals surface area contributed by atoms with Gasteiger partial charge in [-0.3, -0.25) is 4.79 Å². The molecule has 1 aromatic heterocycles. The molecule has 18 heavy (non-hydrogen) atoms. The second-order valence-corrected chi connectivity index (χ2v) is 3.98. The Morgan fingerprint density at radius 1 is 1.44 bits per heavy atom. The van der Waals surface area contributed by atoms with Gasteiger partial charge in [0.15, 0.2) is 11.6 Å². The highest BCUT2D eigenvalue weighted by atomic mass is 16.5. The van der Waals surface area contributed by atoms with E-state index < -0.39 is 0 Å². The molecular formula is C12H14N4O2. The Hall–Kier alpha value is -2.24. The van der Waals surface area contributed by atoms with Crippen LogP contribution >= 0.6 is 0 Å². The number of hydrogen-bond donors (Lipinski definition) is 0. The molecule has 0 bridgehead atoms. The van der Waals surface area contributed by atoms with E-state index >= 15 is 0 Å². The number of carbonyl (C=O) groups is 1. The van der Waals surface area contributed by atoms with Gasteiger partial charge < -0.3 is 4.74 Å². The Morgan fingerprint density at radius 2 is 2.22 bits per heavy atom. The molecule has 0 N–H and O–H groups in total. The Morgan fingerprint density at radius 3 is 2.83 bits per heavy atom. The van der Waals surface area contributed by atoms with Crippen molar-refractivity contribution in [1.29, 1.82) is 0 Å². The van der Waals surface area contributed by atoms with Gasteiger partial charge >= 0.3 is 0 Å². The molecule has 0 radical (unpaired) electrons. The number of nitrogens with zero attached hydrogens (tertiary/aromatic N) is 4. The first-order chi connectivity index (χ1) is 8.60. The first-order valence-electron chi connectivity index (χ1n) is 5.51. The van der Waals surface area contributed by atoms with E-state index in [4.69, 9.17) is 4.74 Å². The van der Waals surface area contributed by atoms with Gasteiger partial charge in [0.1, 0.15) is 5.75 Å². The predicted octanol–water partition coefficient (Wildman–Crippen LogP) is 0.953. The summed E-state index contributed by atoms with van der Waals surface area (Å²) in [5, 5.41) is 11.5. The molecule has 0 fully saturated rings. The molecule has 0 saturated carbocycles. The third-order valence-corrected chi connectivity index (χ3v) is 2.60. The van der Waals surface area contributed by atoms with E-state index in [9.17, 15) is 4.79 Å². The quantitative estimate of drug-likeness (QED) is 0.751. The topological polar surface area (TPSA) is 69.9 Å². The molecule has 0 unspecified atom stereocenters.